The van der Waals surface area contributed by atoms with Crippen LogP contribution in [0.1, 0.15) is 47.0 Å². The highest BCUT2D eigenvalue weighted by molar-refractivity contribution is 5.90. The molecular formula is C15H22O. The average Bonchev–Trinajstić information content (AvgIpc) is 2.16. The van der Waals surface area contributed by atoms with Crippen molar-refractivity contribution >= 4 is 5.78 Å². The Morgan fingerprint density at radius 3 is 2.56 bits per heavy atom. The first-order valence-corrected chi connectivity index (χ1v) is 6.03. The quantitative estimate of drug-likeness (QED) is 0.646. The minimum Gasteiger partial charge on any atom is -0.295 e. The van der Waals surface area contributed by atoms with Gasteiger partial charge in [-0.3, -0.25) is 4.79 Å². The Kier molecular flexibility index (Phi) is 4.72. The molecule has 0 aromatic rings. The second kappa shape index (κ2) is 5.83. The Morgan fingerprint density at radius 2 is 2.06 bits per heavy atom. The van der Waals surface area contributed by atoms with Gasteiger partial charge >= 0.3 is 0 Å². The predicted octanol–water partition coefficient (Wildman–Crippen LogP) is 4.21. The van der Waals surface area contributed by atoms with E-state index in [2.05, 4.69) is 26.0 Å². The molecule has 0 bridgehead atoms. The molecule has 16 heavy (non-hydrogen) atoms. The first-order valence-electron chi connectivity index (χ1n) is 6.03. The standard InChI is InChI=1S/C15H22O/c1-11(2)9-15(16)10-13(4)14-7-5-12(3)6-8-14/h5,7,9,13H,6,8,10H2,1-4H3/t13-/m1/s1. The van der Waals surface area contributed by atoms with E-state index in [-0.39, 0.29) is 5.78 Å². The summed E-state index contributed by atoms with van der Waals surface area (Å²) in [6.45, 7) is 8.24. The zero-order valence-corrected chi connectivity index (χ0v) is 10.8. The summed E-state index contributed by atoms with van der Waals surface area (Å²) in [7, 11) is 0. The van der Waals surface area contributed by atoms with E-state index in [1.165, 1.54) is 11.1 Å². The summed E-state index contributed by atoms with van der Waals surface area (Å²) >= 11 is 0. The first-order chi connectivity index (χ1) is 7.49. The molecule has 1 aliphatic rings. The molecule has 0 aliphatic heterocycles. The summed E-state index contributed by atoms with van der Waals surface area (Å²) < 4.78 is 0. The van der Waals surface area contributed by atoms with E-state index in [1.54, 1.807) is 6.08 Å². The summed E-state index contributed by atoms with van der Waals surface area (Å²) in [5.41, 5.74) is 3.94. The van der Waals surface area contributed by atoms with Crippen LogP contribution in [0.25, 0.3) is 0 Å². The van der Waals surface area contributed by atoms with E-state index in [4.69, 9.17) is 0 Å². The fraction of sp³-hybridized carbons (Fsp3) is 0.533. The van der Waals surface area contributed by atoms with Crippen molar-refractivity contribution in [3.8, 4) is 0 Å². The Bertz CT molecular complexity index is 352. The number of ketones is 1. The van der Waals surface area contributed by atoms with E-state index < -0.39 is 0 Å². The van der Waals surface area contributed by atoms with E-state index in [0.717, 1.165) is 18.4 Å². The number of hydrogen-bond donors (Lipinski definition) is 0. The van der Waals surface area contributed by atoms with Crippen LogP contribution in [0.5, 0.6) is 0 Å². The van der Waals surface area contributed by atoms with Crippen molar-refractivity contribution < 1.29 is 4.79 Å². The summed E-state index contributed by atoms with van der Waals surface area (Å²) in [6.07, 6.45) is 9.03. The highest BCUT2D eigenvalue weighted by Crippen LogP contribution is 2.26. The van der Waals surface area contributed by atoms with Crippen molar-refractivity contribution in [2.24, 2.45) is 5.92 Å². The lowest BCUT2D eigenvalue weighted by Gasteiger charge is -2.18. The first kappa shape index (κ1) is 13.0. The van der Waals surface area contributed by atoms with Crippen LogP contribution in [0.15, 0.2) is 34.9 Å². The third kappa shape index (κ3) is 4.18. The molecule has 1 heteroatoms. The van der Waals surface area contributed by atoms with E-state index in [9.17, 15) is 4.79 Å². The van der Waals surface area contributed by atoms with Gasteiger partial charge in [-0.2, -0.15) is 0 Å². The lowest BCUT2D eigenvalue weighted by atomic mass is 9.87. The fourth-order valence-corrected chi connectivity index (χ4v) is 1.98. The minimum absolute atomic E-state index is 0.250. The van der Waals surface area contributed by atoms with Gasteiger partial charge < -0.3 is 0 Å². The highest BCUT2D eigenvalue weighted by atomic mass is 16.1. The lowest BCUT2D eigenvalue weighted by Crippen LogP contribution is -2.08. The molecule has 0 radical (unpaired) electrons. The minimum atomic E-state index is 0.250. The average molecular weight is 218 g/mol. The van der Waals surface area contributed by atoms with Crippen LogP contribution in [0.4, 0.5) is 0 Å². The number of carbonyl (C=O) groups excluding carboxylic acids is 1. The molecule has 0 amide bonds. The molecule has 1 atom stereocenters. The van der Waals surface area contributed by atoms with Crippen LogP contribution >= 0.6 is 0 Å². The molecule has 0 unspecified atom stereocenters. The van der Waals surface area contributed by atoms with Crippen LogP contribution in [-0.2, 0) is 4.79 Å². The van der Waals surface area contributed by atoms with Crippen molar-refractivity contribution in [3.05, 3.63) is 34.9 Å². The maximum atomic E-state index is 11.7. The Morgan fingerprint density at radius 1 is 1.38 bits per heavy atom. The summed E-state index contributed by atoms with van der Waals surface area (Å²) in [4.78, 5) is 11.7. The van der Waals surface area contributed by atoms with Gasteiger partial charge in [-0.1, -0.05) is 35.8 Å². The van der Waals surface area contributed by atoms with Gasteiger partial charge in [0.2, 0.25) is 0 Å². The largest absolute Gasteiger partial charge is 0.295 e. The third-order valence-corrected chi connectivity index (χ3v) is 2.98. The van der Waals surface area contributed by atoms with E-state index >= 15 is 0 Å². The van der Waals surface area contributed by atoms with Crippen LogP contribution in [0.3, 0.4) is 0 Å². The molecule has 1 nitrogen and oxygen atoms in total. The molecule has 1 aliphatic carbocycles. The molecular weight excluding hydrogens is 196 g/mol. The predicted molar refractivity (Wildman–Crippen MR) is 69.3 cm³/mol. The Hall–Kier alpha value is -1.11. The lowest BCUT2D eigenvalue weighted by molar-refractivity contribution is -0.115. The molecule has 0 N–H and O–H groups in total. The summed E-state index contributed by atoms with van der Waals surface area (Å²) in [5, 5.41) is 0. The normalized spacial score (nSPS) is 17.2. The molecule has 0 saturated heterocycles. The maximum Gasteiger partial charge on any atom is 0.156 e. The summed E-state index contributed by atoms with van der Waals surface area (Å²) in [6, 6.07) is 0. The van der Waals surface area contributed by atoms with Gasteiger partial charge in [-0.05, 0) is 45.6 Å². The van der Waals surface area contributed by atoms with Gasteiger partial charge in [0.05, 0.1) is 0 Å². The van der Waals surface area contributed by atoms with Gasteiger partial charge in [0, 0.05) is 6.42 Å². The molecule has 1 rings (SSSR count). The number of hydrogen-bond acceptors (Lipinski definition) is 1. The van der Waals surface area contributed by atoms with Crippen LogP contribution in [0, 0.1) is 5.92 Å². The molecule has 0 aromatic carbocycles. The van der Waals surface area contributed by atoms with Gasteiger partial charge in [0.15, 0.2) is 5.78 Å². The van der Waals surface area contributed by atoms with Gasteiger partial charge in [-0.25, -0.2) is 0 Å². The van der Waals surface area contributed by atoms with Gasteiger partial charge in [0.1, 0.15) is 0 Å². The van der Waals surface area contributed by atoms with Crippen LogP contribution < -0.4 is 0 Å². The molecule has 0 saturated carbocycles. The van der Waals surface area contributed by atoms with Crippen molar-refractivity contribution in [2.45, 2.75) is 47.0 Å². The number of allylic oxidation sites excluding steroid dienone is 6. The monoisotopic (exact) mass is 218 g/mol. The third-order valence-electron chi connectivity index (χ3n) is 2.98. The fourth-order valence-electron chi connectivity index (χ4n) is 1.98. The Labute approximate surface area is 98.9 Å². The highest BCUT2D eigenvalue weighted by Gasteiger charge is 2.13. The van der Waals surface area contributed by atoms with Gasteiger partial charge in [0.25, 0.3) is 0 Å². The topological polar surface area (TPSA) is 17.1 Å². The van der Waals surface area contributed by atoms with Crippen LogP contribution in [0.2, 0.25) is 0 Å². The zero-order valence-electron chi connectivity index (χ0n) is 10.8. The van der Waals surface area contributed by atoms with Gasteiger partial charge in [-0.15, -0.1) is 0 Å². The number of carbonyl (C=O) groups is 1. The second-order valence-corrected chi connectivity index (χ2v) is 5.05. The van der Waals surface area contributed by atoms with E-state index in [0.29, 0.717) is 12.3 Å². The Balaban J connectivity index is 2.56. The smallest absolute Gasteiger partial charge is 0.156 e. The van der Waals surface area contributed by atoms with Crippen LogP contribution in [-0.4, -0.2) is 5.78 Å². The van der Waals surface area contributed by atoms with Crippen molar-refractivity contribution in [2.75, 3.05) is 0 Å². The molecule has 0 heterocycles. The SMILES string of the molecule is CC(C)=CC(=O)C[C@@H](C)C1=CC=C(C)CC1. The van der Waals surface area contributed by atoms with Crippen molar-refractivity contribution in [1.82, 2.24) is 0 Å². The maximum absolute atomic E-state index is 11.7. The van der Waals surface area contributed by atoms with Crippen molar-refractivity contribution in [1.29, 1.82) is 0 Å². The number of rotatable bonds is 4. The summed E-state index contributed by atoms with van der Waals surface area (Å²) in [5.74, 6) is 0.632. The van der Waals surface area contributed by atoms with E-state index in [1.807, 2.05) is 13.8 Å². The van der Waals surface area contributed by atoms with Crippen molar-refractivity contribution in [3.63, 3.8) is 0 Å². The molecule has 88 valence electrons. The molecule has 0 aromatic heterocycles. The molecule has 0 spiro atoms. The molecule has 0 fully saturated rings. The zero-order chi connectivity index (χ0) is 12.1. The second-order valence-electron chi connectivity index (χ2n) is 5.05.